The summed E-state index contributed by atoms with van der Waals surface area (Å²) in [5, 5.41) is 2.66. The number of aromatic nitrogens is 1. The predicted octanol–water partition coefficient (Wildman–Crippen LogP) is 2.55. The molecular formula is C21H34N4O3S. The minimum Gasteiger partial charge on any atom is -0.379 e. The number of anilines is 1. The molecule has 162 valence electrons. The highest BCUT2D eigenvalue weighted by atomic mass is 32.1. The lowest BCUT2D eigenvalue weighted by atomic mass is 10.2. The van der Waals surface area contributed by atoms with E-state index < -0.39 is 0 Å². The molecule has 2 amide bonds. The molecule has 0 radical (unpaired) electrons. The molecule has 0 saturated carbocycles. The molecule has 2 saturated heterocycles. The van der Waals surface area contributed by atoms with E-state index in [1.54, 1.807) is 4.90 Å². The van der Waals surface area contributed by atoms with Crippen molar-refractivity contribution in [3.8, 4) is 0 Å². The van der Waals surface area contributed by atoms with Gasteiger partial charge in [0, 0.05) is 51.1 Å². The zero-order valence-corrected chi connectivity index (χ0v) is 18.4. The molecule has 0 atom stereocenters. The molecule has 2 aliphatic rings. The average Bonchev–Trinajstić information content (AvgIpc) is 3.36. The normalized spacial score (nSPS) is 17.8. The van der Waals surface area contributed by atoms with Crippen molar-refractivity contribution in [2.45, 2.75) is 51.9 Å². The van der Waals surface area contributed by atoms with Crippen molar-refractivity contribution in [1.29, 1.82) is 0 Å². The van der Waals surface area contributed by atoms with Crippen LogP contribution in [0.2, 0.25) is 0 Å². The lowest BCUT2D eigenvalue weighted by Gasteiger charge is -2.30. The van der Waals surface area contributed by atoms with Crippen molar-refractivity contribution in [2.24, 2.45) is 0 Å². The topological polar surface area (TPSA) is 66.0 Å². The van der Waals surface area contributed by atoms with E-state index in [9.17, 15) is 9.59 Å². The lowest BCUT2D eigenvalue weighted by molar-refractivity contribution is -0.131. The fourth-order valence-electron chi connectivity index (χ4n) is 3.80. The smallest absolute Gasteiger partial charge is 0.228 e. The Hall–Kier alpha value is -1.51. The molecule has 1 aromatic heterocycles. The second kappa shape index (κ2) is 11.6. The Morgan fingerprint density at radius 2 is 2.03 bits per heavy atom. The first-order valence-corrected chi connectivity index (χ1v) is 11.9. The summed E-state index contributed by atoms with van der Waals surface area (Å²) in [5.74, 6) is 0.277. The number of hydrogen-bond acceptors (Lipinski definition) is 6. The number of rotatable bonds is 11. The van der Waals surface area contributed by atoms with Gasteiger partial charge in [-0.25, -0.2) is 4.98 Å². The molecule has 3 rings (SSSR count). The second-order valence-electron chi connectivity index (χ2n) is 7.84. The second-order valence-corrected chi connectivity index (χ2v) is 8.68. The van der Waals surface area contributed by atoms with Crippen LogP contribution in [0.3, 0.4) is 0 Å². The molecule has 0 aliphatic carbocycles. The summed E-state index contributed by atoms with van der Waals surface area (Å²) in [6.45, 7) is 8.84. The van der Waals surface area contributed by atoms with Crippen LogP contribution >= 0.6 is 11.3 Å². The summed E-state index contributed by atoms with van der Waals surface area (Å²) in [5.41, 5.74) is 0.777. The van der Waals surface area contributed by atoms with Gasteiger partial charge < -0.3 is 9.64 Å². The van der Waals surface area contributed by atoms with Crippen molar-refractivity contribution in [2.75, 3.05) is 57.4 Å². The minimum absolute atomic E-state index is 0.138. The van der Waals surface area contributed by atoms with E-state index in [4.69, 9.17) is 4.74 Å². The van der Waals surface area contributed by atoms with Crippen LogP contribution in [0.1, 0.15) is 51.1 Å². The molecule has 2 fully saturated rings. The predicted molar refractivity (Wildman–Crippen MR) is 115 cm³/mol. The van der Waals surface area contributed by atoms with E-state index in [0.29, 0.717) is 12.8 Å². The first-order valence-electron chi connectivity index (χ1n) is 11.0. The van der Waals surface area contributed by atoms with Crippen LogP contribution in [-0.4, -0.2) is 79.1 Å². The fourth-order valence-corrected chi connectivity index (χ4v) is 4.66. The summed E-state index contributed by atoms with van der Waals surface area (Å²) in [6, 6.07) is 0. The molecule has 8 heteroatoms. The van der Waals surface area contributed by atoms with Crippen LogP contribution in [0, 0.1) is 0 Å². The molecule has 0 N–H and O–H groups in total. The highest BCUT2D eigenvalue weighted by Crippen LogP contribution is 2.25. The van der Waals surface area contributed by atoms with Gasteiger partial charge in [0.25, 0.3) is 0 Å². The highest BCUT2D eigenvalue weighted by molar-refractivity contribution is 7.14. The fraction of sp³-hybridized carbons (Fsp3) is 0.762. The first kappa shape index (κ1) is 22.2. The van der Waals surface area contributed by atoms with Gasteiger partial charge in [-0.2, -0.15) is 0 Å². The van der Waals surface area contributed by atoms with Gasteiger partial charge in [0.15, 0.2) is 5.13 Å². The Morgan fingerprint density at radius 3 is 2.76 bits per heavy atom. The van der Waals surface area contributed by atoms with Gasteiger partial charge in [-0.3, -0.25) is 19.4 Å². The lowest BCUT2D eigenvalue weighted by Crippen LogP contribution is -2.43. The van der Waals surface area contributed by atoms with Crippen molar-refractivity contribution in [1.82, 2.24) is 14.8 Å². The number of ether oxygens (including phenoxy) is 1. The Bertz CT molecular complexity index is 660. The molecule has 2 aliphatic heterocycles. The monoisotopic (exact) mass is 422 g/mol. The molecule has 7 nitrogen and oxygen atoms in total. The first-order chi connectivity index (χ1) is 14.2. The number of amides is 2. The van der Waals surface area contributed by atoms with Crippen molar-refractivity contribution >= 4 is 28.3 Å². The van der Waals surface area contributed by atoms with Crippen LogP contribution < -0.4 is 4.90 Å². The molecule has 29 heavy (non-hydrogen) atoms. The van der Waals surface area contributed by atoms with E-state index >= 15 is 0 Å². The van der Waals surface area contributed by atoms with Crippen LogP contribution in [0.15, 0.2) is 5.38 Å². The van der Waals surface area contributed by atoms with Gasteiger partial charge >= 0.3 is 0 Å². The SMILES string of the molecule is CCCCCCN(CCN1CCOCC1)C(=O)Cc1csc(N2CCCC2=O)n1. The van der Waals surface area contributed by atoms with Crippen LogP contribution in [0.25, 0.3) is 0 Å². The van der Waals surface area contributed by atoms with Crippen molar-refractivity contribution in [3.05, 3.63) is 11.1 Å². The van der Waals surface area contributed by atoms with Gasteiger partial charge in [-0.05, 0) is 12.8 Å². The Morgan fingerprint density at radius 1 is 1.21 bits per heavy atom. The Balaban J connectivity index is 1.54. The number of nitrogens with zero attached hydrogens (tertiary/aromatic N) is 4. The number of thiazole rings is 1. The van der Waals surface area contributed by atoms with Gasteiger partial charge in [0.1, 0.15) is 0 Å². The van der Waals surface area contributed by atoms with Crippen LogP contribution in [0.4, 0.5) is 5.13 Å². The maximum atomic E-state index is 13.0. The number of carbonyl (C=O) groups excluding carboxylic acids is 2. The van der Waals surface area contributed by atoms with Crippen LogP contribution in [0.5, 0.6) is 0 Å². The third-order valence-electron chi connectivity index (χ3n) is 5.60. The van der Waals surface area contributed by atoms with Crippen LogP contribution in [-0.2, 0) is 20.7 Å². The largest absolute Gasteiger partial charge is 0.379 e. The minimum atomic E-state index is 0.138. The highest BCUT2D eigenvalue weighted by Gasteiger charge is 2.25. The quantitative estimate of drug-likeness (QED) is 0.513. The summed E-state index contributed by atoms with van der Waals surface area (Å²) in [6.07, 6.45) is 6.42. The van der Waals surface area contributed by atoms with E-state index in [0.717, 1.165) is 82.6 Å². The summed E-state index contributed by atoms with van der Waals surface area (Å²) in [4.78, 5) is 35.6. The molecule has 0 bridgehead atoms. The third-order valence-corrected chi connectivity index (χ3v) is 6.51. The van der Waals surface area contributed by atoms with Gasteiger partial charge in [-0.1, -0.05) is 26.2 Å². The van der Waals surface area contributed by atoms with Gasteiger partial charge in [0.2, 0.25) is 11.8 Å². The Kier molecular flexibility index (Phi) is 8.89. The van der Waals surface area contributed by atoms with E-state index in [1.807, 2.05) is 10.3 Å². The molecule has 0 aromatic carbocycles. The number of carbonyl (C=O) groups is 2. The number of unbranched alkanes of at least 4 members (excludes halogenated alkanes) is 3. The maximum Gasteiger partial charge on any atom is 0.228 e. The molecular weight excluding hydrogens is 388 g/mol. The van der Waals surface area contributed by atoms with E-state index in [2.05, 4.69) is 16.8 Å². The maximum absolute atomic E-state index is 13.0. The molecule has 0 spiro atoms. The summed E-state index contributed by atoms with van der Waals surface area (Å²) >= 11 is 1.47. The van der Waals surface area contributed by atoms with Gasteiger partial charge in [0.05, 0.1) is 25.3 Å². The zero-order chi connectivity index (χ0) is 20.5. The summed E-state index contributed by atoms with van der Waals surface area (Å²) in [7, 11) is 0. The number of hydrogen-bond donors (Lipinski definition) is 0. The van der Waals surface area contributed by atoms with Crippen molar-refractivity contribution in [3.63, 3.8) is 0 Å². The Labute approximate surface area is 178 Å². The standard InChI is InChI=1S/C21H34N4O3S/c1-2-3-4-5-8-24(11-10-23-12-14-28-15-13-23)20(27)16-18-17-29-21(22-18)25-9-6-7-19(25)26/h17H,2-16H2,1H3. The zero-order valence-electron chi connectivity index (χ0n) is 17.6. The third kappa shape index (κ3) is 6.76. The molecule has 0 unspecified atom stereocenters. The molecule has 1 aromatic rings. The van der Waals surface area contributed by atoms with Crippen molar-refractivity contribution < 1.29 is 14.3 Å². The van der Waals surface area contributed by atoms with E-state index in [1.165, 1.54) is 24.2 Å². The van der Waals surface area contributed by atoms with E-state index in [-0.39, 0.29) is 11.8 Å². The average molecular weight is 423 g/mol. The molecule has 3 heterocycles. The number of morpholine rings is 1. The summed E-state index contributed by atoms with van der Waals surface area (Å²) < 4.78 is 5.42. The van der Waals surface area contributed by atoms with Gasteiger partial charge in [-0.15, -0.1) is 11.3 Å².